The van der Waals surface area contributed by atoms with Gasteiger partial charge in [0.15, 0.2) is 0 Å². The lowest BCUT2D eigenvalue weighted by Gasteiger charge is -2.37. The summed E-state index contributed by atoms with van der Waals surface area (Å²) in [5.41, 5.74) is 6.35. The summed E-state index contributed by atoms with van der Waals surface area (Å²) in [6.45, 7) is 7.93. The molecule has 3 N–H and O–H groups in total. The van der Waals surface area contributed by atoms with Gasteiger partial charge in [-0.1, -0.05) is 6.07 Å². The Balaban J connectivity index is 0.00000220. The predicted molar refractivity (Wildman–Crippen MR) is 86.0 cm³/mol. The number of hydrogen-bond donors (Lipinski definition) is 2. The Kier molecular flexibility index (Phi) is 6.01. The Morgan fingerprint density at radius 3 is 2.43 bits per heavy atom. The highest BCUT2D eigenvalue weighted by molar-refractivity contribution is 5.94. The number of aromatic hydroxyl groups is 1. The molecule has 0 unspecified atom stereocenters. The van der Waals surface area contributed by atoms with E-state index in [-0.39, 0.29) is 29.6 Å². The van der Waals surface area contributed by atoms with Crippen LogP contribution in [0.3, 0.4) is 0 Å². The van der Waals surface area contributed by atoms with Gasteiger partial charge in [-0.3, -0.25) is 9.69 Å². The fourth-order valence-electron chi connectivity index (χ4n) is 2.51. The number of benzene rings is 1. The molecule has 1 saturated heterocycles. The van der Waals surface area contributed by atoms with Crippen LogP contribution in [-0.4, -0.2) is 59.1 Å². The van der Waals surface area contributed by atoms with Crippen molar-refractivity contribution in [2.45, 2.75) is 19.4 Å². The molecule has 1 aromatic rings. The van der Waals surface area contributed by atoms with Gasteiger partial charge in [0.1, 0.15) is 5.75 Å². The zero-order valence-corrected chi connectivity index (χ0v) is 13.4. The maximum Gasteiger partial charge on any atom is 0.254 e. The maximum absolute atomic E-state index is 12.3. The molecule has 1 aromatic carbocycles. The van der Waals surface area contributed by atoms with E-state index in [0.29, 0.717) is 18.7 Å². The Bertz CT molecular complexity index is 480. The van der Waals surface area contributed by atoms with E-state index in [2.05, 4.69) is 4.90 Å². The van der Waals surface area contributed by atoms with Crippen molar-refractivity contribution in [3.05, 3.63) is 29.8 Å². The first-order valence-electron chi connectivity index (χ1n) is 6.95. The lowest BCUT2D eigenvalue weighted by molar-refractivity contribution is 0.0615. The first-order chi connectivity index (χ1) is 9.35. The largest absolute Gasteiger partial charge is 0.508 e. The molecule has 0 atom stereocenters. The number of piperazine rings is 1. The molecule has 0 saturated carbocycles. The molecule has 1 amide bonds. The molecule has 1 fully saturated rings. The summed E-state index contributed by atoms with van der Waals surface area (Å²) >= 11 is 0. The molecule has 118 valence electrons. The SMILES string of the molecule is CC(C)(N)CN1CCN(C(=O)c2cccc(O)c2)CC1.Cl. The minimum absolute atomic E-state index is 0. The maximum atomic E-state index is 12.3. The van der Waals surface area contributed by atoms with Gasteiger partial charge in [-0.15, -0.1) is 12.4 Å². The number of phenols is 1. The first-order valence-corrected chi connectivity index (χ1v) is 6.95. The van der Waals surface area contributed by atoms with E-state index >= 15 is 0 Å². The van der Waals surface area contributed by atoms with E-state index in [9.17, 15) is 9.90 Å². The minimum Gasteiger partial charge on any atom is -0.508 e. The highest BCUT2D eigenvalue weighted by atomic mass is 35.5. The summed E-state index contributed by atoms with van der Waals surface area (Å²) in [7, 11) is 0. The van der Waals surface area contributed by atoms with E-state index in [1.807, 2.05) is 18.7 Å². The van der Waals surface area contributed by atoms with Crippen molar-refractivity contribution < 1.29 is 9.90 Å². The molecule has 1 aliphatic rings. The lowest BCUT2D eigenvalue weighted by atomic mass is 10.1. The summed E-state index contributed by atoms with van der Waals surface area (Å²) in [4.78, 5) is 16.4. The molecule has 2 rings (SSSR count). The van der Waals surface area contributed by atoms with Gasteiger partial charge in [-0.05, 0) is 32.0 Å². The molecule has 5 nitrogen and oxygen atoms in total. The number of hydrogen-bond acceptors (Lipinski definition) is 4. The van der Waals surface area contributed by atoms with Crippen LogP contribution < -0.4 is 5.73 Å². The van der Waals surface area contributed by atoms with E-state index in [1.54, 1.807) is 18.2 Å². The number of rotatable bonds is 3. The molecule has 1 heterocycles. The normalized spacial score (nSPS) is 16.4. The summed E-state index contributed by atoms with van der Waals surface area (Å²) in [6, 6.07) is 6.50. The van der Waals surface area contributed by atoms with Gasteiger partial charge in [0.05, 0.1) is 0 Å². The van der Waals surface area contributed by atoms with Crippen LogP contribution in [0.4, 0.5) is 0 Å². The smallest absolute Gasteiger partial charge is 0.254 e. The van der Waals surface area contributed by atoms with Gasteiger partial charge in [0.2, 0.25) is 0 Å². The third kappa shape index (κ3) is 5.19. The van der Waals surface area contributed by atoms with Crippen LogP contribution in [0.15, 0.2) is 24.3 Å². The highest BCUT2D eigenvalue weighted by Crippen LogP contribution is 2.15. The monoisotopic (exact) mass is 313 g/mol. The van der Waals surface area contributed by atoms with Gasteiger partial charge in [-0.2, -0.15) is 0 Å². The van der Waals surface area contributed by atoms with Crippen molar-refractivity contribution in [3.8, 4) is 5.75 Å². The van der Waals surface area contributed by atoms with Gasteiger partial charge in [0.25, 0.3) is 5.91 Å². The third-order valence-electron chi connectivity index (χ3n) is 3.38. The van der Waals surface area contributed by atoms with E-state index < -0.39 is 0 Å². The molecule has 6 heteroatoms. The van der Waals surface area contributed by atoms with E-state index in [0.717, 1.165) is 19.6 Å². The molecule has 0 aromatic heterocycles. The second-order valence-corrected chi connectivity index (χ2v) is 6.11. The van der Waals surface area contributed by atoms with E-state index in [4.69, 9.17) is 5.73 Å². The van der Waals surface area contributed by atoms with Gasteiger partial charge < -0.3 is 15.7 Å². The van der Waals surface area contributed by atoms with Crippen LogP contribution in [-0.2, 0) is 0 Å². The second kappa shape index (κ2) is 7.11. The van der Waals surface area contributed by atoms with Crippen molar-refractivity contribution in [2.75, 3.05) is 32.7 Å². The number of halogens is 1. The van der Waals surface area contributed by atoms with Crippen LogP contribution in [0.2, 0.25) is 0 Å². The molecule has 0 spiro atoms. The van der Waals surface area contributed by atoms with Crippen molar-refractivity contribution in [1.82, 2.24) is 9.80 Å². The number of nitrogens with two attached hydrogens (primary N) is 1. The topological polar surface area (TPSA) is 69.8 Å². The molecule has 0 radical (unpaired) electrons. The first kappa shape index (κ1) is 17.8. The Hall–Kier alpha value is -1.30. The average molecular weight is 314 g/mol. The van der Waals surface area contributed by atoms with Gasteiger partial charge >= 0.3 is 0 Å². The fourth-order valence-corrected chi connectivity index (χ4v) is 2.51. The molecule has 21 heavy (non-hydrogen) atoms. The van der Waals surface area contributed by atoms with Crippen molar-refractivity contribution in [1.29, 1.82) is 0 Å². The van der Waals surface area contributed by atoms with E-state index in [1.165, 1.54) is 6.07 Å². The Morgan fingerprint density at radius 1 is 1.29 bits per heavy atom. The van der Waals surface area contributed by atoms with Crippen LogP contribution in [0.1, 0.15) is 24.2 Å². The Morgan fingerprint density at radius 2 is 1.90 bits per heavy atom. The van der Waals surface area contributed by atoms with Crippen molar-refractivity contribution >= 4 is 18.3 Å². The zero-order chi connectivity index (χ0) is 14.8. The quantitative estimate of drug-likeness (QED) is 0.883. The van der Waals surface area contributed by atoms with Crippen LogP contribution >= 0.6 is 12.4 Å². The highest BCUT2D eigenvalue weighted by Gasteiger charge is 2.24. The summed E-state index contributed by atoms with van der Waals surface area (Å²) in [5, 5.41) is 9.44. The standard InChI is InChI=1S/C15H23N3O2.ClH/c1-15(2,16)11-17-6-8-18(9-7-17)14(20)12-4-3-5-13(19)10-12;/h3-5,10,19H,6-9,11,16H2,1-2H3;1H. The molecule has 0 bridgehead atoms. The number of nitrogens with zero attached hydrogens (tertiary/aromatic N) is 2. The van der Waals surface area contributed by atoms with Crippen LogP contribution in [0.25, 0.3) is 0 Å². The summed E-state index contributed by atoms with van der Waals surface area (Å²) in [6.07, 6.45) is 0. The molecule has 1 aliphatic heterocycles. The molecular weight excluding hydrogens is 290 g/mol. The zero-order valence-electron chi connectivity index (χ0n) is 12.6. The van der Waals surface area contributed by atoms with Gasteiger partial charge in [0, 0.05) is 43.8 Å². The summed E-state index contributed by atoms with van der Waals surface area (Å²) in [5.74, 6) is 0.104. The minimum atomic E-state index is -0.211. The van der Waals surface area contributed by atoms with Crippen molar-refractivity contribution in [2.24, 2.45) is 5.73 Å². The number of carbonyl (C=O) groups is 1. The fraction of sp³-hybridized carbons (Fsp3) is 0.533. The van der Waals surface area contributed by atoms with Crippen LogP contribution in [0.5, 0.6) is 5.75 Å². The lowest BCUT2D eigenvalue weighted by Crippen LogP contribution is -2.54. The molecule has 0 aliphatic carbocycles. The number of phenolic OH excluding ortho intramolecular Hbond substituents is 1. The van der Waals surface area contributed by atoms with Crippen LogP contribution in [0, 0.1) is 0 Å². The second-order valence-electron chi connectivity index (χ2n) is 6.11. The predicted octanol–water partition coefficient (Wildman–Crippen LogP) is 1.31. The number of carbonyl (C=O) groups excluding carboxylic acids is 1. The Labute approximate surface area is 132 Å². The van der Waals surface area contributed by atoms with Crippen molar-refractivity contribution in [3.63, 3.8) is 0 Å². The van der Waals surface area contributed by atoms with Gasteiger partial charge in [-0.25, -0.2) is 0 Å². The summed E-state index contributed by atoms with van der Waals surface area (Å²) < 4.78 is 0. The number of amides is 1. The molecular formula is C15H24ClN3O2. The average Bonchev–Trinajstić information content (AvgIpc) is 2.37. The third-order valence-corrected chi connectivity index (χ3v) is 3.38.